The monoisotopic (exact) mass is 247 g/mol. The SMILES string of the molecule is Cc1ccnc2c1nc(N)n2CC(=O)NC(C)C. The third-order valence-corrected chi connectivity index (χ3v) is 2.62. The Morgan fingerprint density at radius 2 is 2.28 bits per heavy atom. The first-order valence-corrected chi connectivity index (χ1v) is 5.85. The van der Waals surface area contributed by atoms with Crippen molar-refractivity contribution in [2.24, 2.45) is 0 Å². The lowest BCUT2D eigenvalue weighted by molar-refractivity contribution is -0.122. The van der Waals surface area contributed by atoms with E-state index >= 15 is 0 Å². The topological polar surface area (TPSA) is 85.8 Å². The normalized spacial score (nSPS) is 11.1. The largest absolute Gasteiger partial charge is 0.369 e. The van der Waals surface area contributed by atoms with Crippen molar-refractivity contribution in [3.63, 3.8) is 0 Å². The Balaban J connectivity index is 2.36. The number of imidazole rings is 1. The van der Waals surface area contributed by atoms with Crippen molar-refractivity contribution in [2.45, 2.75) is 33.4 Å². The number of rotatable bonds is 3. The van der Waals surface area contributed by atoms with E-state index in [4.69, 9.17) is 5.73 Å². The highest BCUT2D eigenvalue weighted by molar-refractivity contribution is 5.82. The lowest BCUT2D eigenvalue weighted by atomic mass is 10.3. The Morgan fingerprint density at radius 3 is 2.94 bits per heavy atom. The maximum atomic E-state index is 11.8. The fourth-order valence-corrected chi connectivity index (χ4v) is 1.82. The van der Waals surface area contributed by atoms with Crippen molar-refractivity contribution in [1.29, 1.82) is 0 Å². The number of hydrogen-bond acceptors (Lipinski definition) is 4. The second-order valence-electron chi connectivity index (χ2n) is 4.58. The molecule has 0 aromatic carbocycles. The highest BCUT2D eigenvalue weighted by atomic mass is 16.2. The molecule has 0 aliphatic heterocycles. The zero-order valence-corrected chi connectivity index (χ0v) is 10.8. The number of amides is 1. The molecule has 0 fully saturated rings. The molecule has 2 aromatic heterocycles. The zero-order chi connectivity index (χ0) is 13.3. The van der Waals surface area contributed by atoms with E-state index in [2.05, 4.69) is 15.3 Å². The lowest BCUT2D eigenvalue weighted by Gasteiger charge is -2.09. The molecule has 0 spiro atoms. The quantitative estimate of drug-likeness (QED) is 0.841. The van der Waals surface area contributed by atoms with Gasteiger partial charge in [0.15, 0.2) is 5.65 Å². The summed E-state index contributed by atoms with van der Waals surface area (Å²) in [6.07, 6.45) is 1.69. The predicted molar refractivity (Wildman–Crippen MR) is 70.0 cm³/mol. The van der Waals surface area contributed by atoms with Crippen LogP contribution in [0.4, 0.5) is 5.95 Å². The van der Waals surface area contributed by atoms with Crippen LogP contribution in [0.15, 0.2) is 12.3 Å². The molecule has 0 unspecified atom stereocenters. The number of pyridine rings is 1. The van der Waals surface area contributed by atoms with Crippen LogP contribution in [0.2, 0.25) is 0 Å². The Hall–Kier alpha value is -2.11. The minimum atomic E-state index is -0.0979. The number of nitrogens with one attached hydrogen (secondary N) is 1. The van der Waals surface area contributed by atoms with E-state index in [1.54, 1.807) is 10.8 Å². The molecule has 0 saturated heterocycles. The first kappa shape index (κ1) is 12.3. The van der Waals surface area contributed by atoms with Gasteiger partial charge in [0.1, 0.15) is 12.1 Å². The van der Waals surface area contributed by atoms with E-state index in [1.807, 2.05) is 26.8 Å². The van der Waals surface area contributed by atoms with E-state index in [9.17, 15) is 4.79 Å². The summed E-state index contributed by atoms with van der Waals surface area (Å²) in [4.78, 5) is 20.2. The van der Waals surface area contributed by atoms with E-state index < -0.39 is 0 Å². The molecule has 3 N–H and O–H groups in total. The van der Waals surface area contributed by atoms with Crippen LogP contribution in [0.1, 0.15) is 19.4 Å². The summed E-state index contributed by atoms with van der Waals surface area (Å²) in [6, 6.07) is 1.97. The van der Waals surface area contributed by atoms with E-state index in [0.29, 0.717) is 11.6 Å². The van der Waals surface area contributed by atoms with Gasteiger partial charge in [0, 0.05) is 12.2 Å². The number of anilines is 1. The second kappa shape index (κ2) is 4.64. The van der Waals surface area contributed by atoms with Gasteiger partial charge in [0.05, 0.1) is 0 Å². The third-order valence-electron chi connectivity index (χ3n) is 2.62. The zero-order valence-electron chi connectivity index (χ0n) is 10.8. The number of hydrogen-bond donors (Lipinski definition) is 2. The summed E-state index contributed by atoms with van der Waals surface area (Å²) in [5.41, 5.74) is 8.22. The van der Waals surface area contributed by atoms with Crippen molar-refractivity contribution in [1.82, 2.24) is 19.9 Å². The van der Waals surface area contributed by atoms with E-state index in [1.165, 1.54) is 0 Å². The van der Waals surface area contributed by atoms with Gasteiger partial charge in [-0.3, -0.25) is 9.36 Å². The molecule has 18 heavy (non-hydrogen) atoms. The van der Waals surface area contributed by atoms with Crippen LogP contribution >= 0.6 is 0 Å². The number of aromatic nitrogens is 3. The van der Waals surface area contributed by atoms with Gasteiger partial charge in [0.2, 0.25) is 11.9 Å². The summed E-state index contributed by atoms with van der Waals surface area (Å²) >= 11 is 0. The summed E-state index contributed by atoms with van der Waals surface area (Å²) in [7, 11) is 0. The van der Waals surface area contributed by atoms with Crippen LogP contribution in [-0.2, 0) is 11.3 Å². The molecule has 96 valence electrons. The number of fused-ring (bicyclic) bond motifs is 1. The standard InChI is InChI=1S/C12H17N5O/c1-7(2)15-9(18)6-17-11-10(16-12(17)13)8(3)4-5-14-11/h4-5,7H,6H2,1-3H3,(H2,13,16)(H,15,18). The molecule has 2 rings (SSSR count). The van der Waals surface area contributed by atoms with Crippen LogP contribution in [0.25, 0.3) is 11.2 Å². The van der Waals surface area contributed by atoms with Crippen LogP contribution in [0, 0.1) is 6.92 Å². The van der Waals surface area contributed by atoms with Crippen molar-refractivity contribution >= 4 is 23.0 Å². The lowest BCUT2D eigenvalue weighted by Crippen LogP contribution is -2.33. The summed E-state index contributed by atoms with van der Waals surface area (Å²) in [6.45, 7) is 5.90. The minimum Gasteiger partial charge on any atom is -0.369 e. The van der Waals surface area contributed by atoms with Crippen LogP contribution in [-0.4, -0.2) is 26.5 Å². The molecule has 0 radical (unpaired) electrons. The number of nitrogens with zero attached hydrogens (tertiary/aromatic N) is 3. The number of nitrogen functional groups attached to an aromatic ring is 1. The van der Waals surface area contributed by atoms with Crippen LogP contribution < -0.4 is 11.1 Å². The summed E-state index contributed by atoms with van der Waals surface area (Å²) in [5, 5.41) is 2.82. The molecular formula is C12H17N5O. The van der Waals surface area contributed by atoms with Crippen LogP contribution in [0.5, 0.6) is 0 Å². The van der Waals surface area contributed by atoms with Crippen molar-refractivity contribution in [2.75, 3.05) is 5.73 Å². The molecule has 0 atom stereocenters. The third kappa shape index (κ3) is 2.27. The Bertz CT molecular complexity index is 587. The molecule has 0 bridgehead atoms. The smallest absolute Gasteiger partial charge is 0.240 e. The van der Waals surface area contributed by atoms with Crippen molar-refractivity contribution < 1.29 is 4.79 Å². The Kier molecular flexibility index (Phi) is 3.18. The second-order valence-corrected chi connectivity index (χ2v) is 4.58. The van der Waals surface area contributed by atoms with Gasteiger partial charge >= 0.3 is 0 Å². The Labute approximate surface area is 105 Å². The average molecular weight is 247 g/mol. The number of nitrogens with two attached hydrogens (primary N) is 1. The predicted octanol–water partition coefficient (Wildman–Crippen LogP) is 0.847. The van der Waals surface area contributed by atoms with Gasteiger partial charge in [-0.2, -0.15) is 0 Å². The highest BCUT2D eigenvalue weighted by Gasteiger charge is 2.14. The maximum Gasteiger partial charge on any atom is 0.240 e. The molecule has 0 aliphatic rings. The summed E-state index contributed by atoms with van der Waals surface area (Å²) in [5.74, 6) is 0.213. The average Bonchev–Trinajstić information content (AvgIpc) is 2.57. The highest BCUT2D eigenvalue weighted by Crippen LogP contribution is 2.18. The van der Waals surface area contributed by atoms with Gasteiger partial charge in [-0.25, -0.2) is 9.97 Å². The fourth-order valence-electron chi connectivity index (χ4n) is 1.82. The molecule has 1 amide bonds. The molecule has 6 heteroatoms. The van der Waals surface area contributed by atoms with Gasteiger partial charge in [-0.05, 0) is 32.4 Å². The van der Waals surface area contributed by atoms with Crippen LogP contribution in [0.3, 0.4) is 0 Å². The first-order chi connectivity index (χ1) is 8.49. The first-order valence-electron chi connectivity index (χ1n) is 5.85. The van der Waals surface area contributed by atoms with Gasteiger partial charge in [0.25, 0.3) is 0 Å². The van der Waals surface area contributed by atoms with Crippen molar-refractivity contribution in [3.8, 4) is 0 Å². The van der Waals surface area contributed by atoms with E-state index in [-0.39, 0.29) is 18.5 Å². The molecule has 2 heterocycles. The molecule has 0 saturated carbocycles. The van der Waals surface area contributed by atoms with E-state index in [0.717, 1.165) is 11.1 Å². The Morgan fingerprint density at radius 1 is 1.56 bits per heavy atom. The number of carbonyl (C=O) groups excluding carboxylic acids is 1. The van der Waals surface area contributed by atoms with Gasteiger partial charge in [-0.1, -0.05) is 0 Å². The number of carbonyl (C=O) groups is 1. The van der Waals surface area contributed by atoms with Gasteiger partial charge < -0.3 is 11.1 Å². The van der Waals surface area contributed by atoms with Gasteiger partial charge in [-0.15, -0.1) is 0 Å². The summed E-state index contributed by atoms with van der Waals surface area (Å²) < 4.78 is 1.63. The molecule has 2 aromatic rings. The minimum absolute atomic E-state index is 0.0979. The fraction of sp³-hybridized carbons (Fsp3) is 0.417. The molecule has 0 aliphatic carbocycles. The number of aryl methyl sites for hydroxylation is 1. The molecule has 6 nitrogen and oxygen atoms in total. The van der Waals surface area contributed by atoms with Crippen molar-refractivity contribution in [3.05, 3.63) is 17.8 Å². The maximum absolute atomic E-state index is 11.8. The molecular weight excluding hydrogens is 230 g/mol.